The van der Waals surface area contributed by atoms with Gasteiger partial charge >= 0.3 is 0 Å². The number of phenols is 2. The van der Waals surface area contributed by atoms with Gasteiger partial charge in [0.2, 0.25) is 0 Å². The molecule has 0 heterocycles. The van der Waals surface area contributed by atoms with Gasteiger partial charge in [0.1, 0.15) is 22.9 Å². The Morgan fingerprint density at radius 2 is 1.84 bits per heavy atom. The van der Waals surface area contributed by atoms with Gasteiger partial charge in [-0.15, -0.1) is 0 Å². The number of ether oxygens (including phenoxy) is 1. The molecule has 19 heavy (non-hydrogen) atoms. The maximum Gasteiger partial charge on any atom is 0.144 e. The number of para-hydroxylation sites is 2. The Morgan fingerprint density at radius 3 is 2.58 bits per heavy atom. The summed E-state index contributed by atoms with van der Waals surface area (Å²) in [7, 11) is 1.58. The third-order valence-corrected chi connectivity index (χ3v) is 2.74. The molecule has 0 unspecified atom stereocenters. The summed E-state index contributed by atoms with van der Waals surface area (Å²) in [6, 6.07) is 11.7. The van der Waals surface area contributed by atoms with Gasteiger partial charge in [0.05, 0.1) is 7.11 Å². The standard InChI is InChI=1S/C15H15NO3/c1-10(12-9-11(17)7-8-14(12)18)16-13-5-3-4-6-15(13)19-2/h3-9,17-18H,1-2H3. The molecule has 98 valence electrons. The zero-order valence-corrected chi connectivity index (χ0v) is 10.8. The number of phenolic OH excluding ortho intramolecular Hbond substituents is 2. The molecule has 0 spiro atoms. The van der Waals surface area contributed by atoms with Crippen molar-refractivity contribution in [2.75, 3.05) is 7.11 Å². The molecule has 0 aliphatic rings. The van der Waals surface area contributed by atoms with Crippen LogP contribution in [0.2, 0.25) is 0 Å². The lowest BCUT2D eigenvalue weighted by Gasteiger charge is -2.07. The Balaban J connectivity index is 2.45. The highest BCUT2D eigenvalue weighted by atomic mass is 16.5. The van der Waals surface area contributed by atoms with Crippen LogP contribution >= 0.6 is 0 Å². The molecule has 2 rings (SSSR count). The minimum Gasteiger partial charge on any atom is -0.508 e. The number of benzene rings is 2. The molecule has 4 nitrogen and oxygen atoms in total. The van der Waals surface area contributed by atoms with Gasteiger partial charge in [0.25, 0.3) is 0 Å². The van der Waals surface area contributed by atoms with Crippen molar-refractivity contribution >= 4 is 11.4 Å². The van der Waals surface area contributed by atoms with E-state index in [1.807, 2.05) is 24.3 Å². The van der Waals surface area contributed by atoms with E-state index in [2.05, 4.69) is 4.99 Å². The predicted molar refractivity (Wildman–Crippen MR) is 74.6 cm³/mol. The lowest BCUT2D eigenvalue weighted by atomic mass is 10.1. The van der Waals surface area contributed by atoms with Crippen molar-refractivity contribution in [3.05, 3.63) is 48.0 Å². The fourth-order valence-electron chi connectivity index (χ4n) is 1.78. The molecular formula is C15H15NO3. The molecular weight excluding hydrogens is 242 g/mol. The van der Waals surface area contributed by atoms with E-state index < -0.39 is 0 Å². The fraction of sp³-hybridized carbons (Fsp3) is 0.133. The van der Waals surface area contributed by atoms with Crippen molar-refractivity contribution < 1.29 is 14.9 Å². The first kappa shape index (κ1) is 13.0. The van der Waals surface area contributed by atoms with Crippen LogP contribution in [0.1, 0.15) is 12.5 Å². The highest BCUT2D eigenvalue weighted by Gasteiger charge is 2.07. The number of hydrogen-bond donors (Lipinski definition) is 2. The highest BCUT2D eigenvalue weighted by Crippen LogP contribution is 2.29. The largest absolute Gasteiger partial charge is 0.508 e. The second kappa shape index (κ2) is 5.44. The molecule has 0 saturated carbocycles. The van der Waals surface area contributed by atoms with Crippen molar-refractivity contribution in [3.8, 4) is 17.2 Å². The van der Waals surface area contributed by atoms with Gasteiger partial charge in [-0.1, -0.05) is 12.1 Å². The van der Waals surface area contributed by atoms with E-state index in [0.717, 1.165) is 0 Å². The molecule has 0 aromatic heterocycles. The Labute approximate surface area is 111 Å². The van der Waals surface area contributed by atoms with E-state index in [4.69, 9.17) is 4.74 Å². The summed E-state index contributed by atoms with van der Waals surface area (Å²) in [5.74, 6) is 0.817. The molecule has 2 aromatic carbocycles. The minimum atomic E-state index is 0.0777. The van der Waals surface area contributed by atoms with Crippen LogP contribution in [-0.2, 0) is 0 Å². The molecule has 0 aliphatic heterocycles. The average Bonchev–Trinajstić information content (AvgIpc) is 2.42. The first-order valence-corrected chi connectivity index (χ1v) is 5.82. The Bertz CT molecular complexity index is 621. The summed E-state index contributed by atoms with van der Waals surface area (Å²) in [5.41, 5.74) is 1.76. The highest BCUT2D eigenvalue weighted by molar-refractivity contribution is 6.03. The van der Waals surface area contributed by atoms with E-state index in [1.165, 1.54) is 18.2 Å². The molecule has 0 aliphatic carbocycles. The minimum absolute atomic E-state index is 0.0777. The number of aromatic hydroxyl groups is 2. The first-order chi connectivity index (χ1) is 9.11. The lowest BCUT2D eigenvalue weighted by molar-refractivity contribution is 0.416. The van der Waals surface area contributed by atoms with Crippen LogP contribution in [-0.4, -0.2) is 23.0 Å². The van der Waals surface area contributed by atoms with Gasteiger partial charge in [-0.3, -0.25) is 0 Å². The SMILES string of the molecule is COc1ccccc1N=C(C)c1cc(O)ccc1O. The average molecular weight is 257 g/mol. The molecule has 0 saturated heterocycles. The van der Waals surface area contributed by atoms with Crippen molar-refractivity contribution in [2.24, 2.45) is 4.99 Å². The van der Waals surface area contributed by atoms with Crippen LogP contribution in [0, 0.1) is 0 Å². The summed E-state index contributed by atoms with van der Waals surface area (Å²) in [5, 5.41) is 19.2. The fourth-order valence-corrected chi connectivity index (χ4v) is 1.78. The normalized spacial score (nSPS) is 11.4. The topological polar surface area (TPSA) is 62.0 Å². The Morgan fingerprint density at radius 1 is 1.11 bits per heavy atom. The van der Waals surface area contributed by atoms with E-state index in [9.17, 15) is 10.2 Å². The molecule has 0 fully saturated rings. The molecule has 2 aromatic rings. The first-order valence-electron chi connectivity index (χ1n) is 5.82. The zero-order chi connectivity index (χ0) is 13.8. The molecule has 4 heteroatoms. The van der Waals surface area contributed by atoms with Crippen molar-refractivity contribution in [2.45, 2.75) is 6.92 Å². The van der Waals surface area contributed by atoms with Crippen LogP contribution in [0.4, 0.5) is 5.69 Å². The number of hydrogen-bond acceptors (Lipinski definition) is 4. The van der Waals surface area contributed by atoms with Gasteiger partial charge in [-0.2, -0.15) is 0 Å². The maximum absolute atomic E-state index is 9.79. The van der Waals surface area contributed by atoms with E-state index in [0.29, 0.717) is 22.7 Å². The van der Waals surface area contributed by atoms with Gasteiger partial charge < -0.3 is 14.9 Å². The van der Waals surface area contributed by atoms with Crippen LogP contribution < -0.4 is 4.74 Å². The van der Waals surface area contributed by atoms with Crippen molar-refractivity contribution in [1.82, 2.24) is 0 Å². The lowest BCUT2D eigenvalue weighted by Crippen LogP contribution is -1.95. The van der Waals surface area contributed by atoms with Crippen LogP contribution in [0.25, 0.3) is 0 Å². The van der Waals surface area contributed by atoms with E-state index in [-0.39, 0.29) is 11.5 Å². The van der Waals surface area contributed by atoms with Crippen LogP contribution in [0.15, 0.2) is 47.5 Å². The predicted octanol–water partition coefficient (Wildman–Crippen LogP) is 3.25. The number of methoxy groups -OCH3 is 1. The summed E-state index contributed by atoms with van der Waals surface area (Å²) in [6.45, 7) is 1.76. The summed E-state index contributed by atoms with van der Waals surface area (Å²) >= 11 is 0. The van der Waals surface area contributed by atoms with Crippen LogP contribution in [0.3, 0.4) is 0 Å². The number of aliphatic imine (C=N–C) groups is 1. The van der Waals surface area contributed by atoms with Gasteiger partial charge in [-0.25, -0.2) is 4.99 Å². The summed E-state index contributed by atoms with van der Waals surface area (Å²) < 4.78 is 5.22. The number of rotatable bonds is 3. The maximum atomic E-state index is 9.79. The molecule has 2 N–H and O–H groups in total. The Kier molecular flexibility index (Phi) is 3.71. The van der Waals surface area contributed by atoms with Gasteiger partial charge in [-0.05, 0) is 37.3 Å². The quantitative estimate of drug-likeness (QED) is 0.655. The Hall–Kier alpha value is -2.49. The molecule has 0 amide bonds. The van der Waals surface area contributed by atoms with Gasteiger partial charge in [0, 0.05) is 11.3 Å². The van der Waals surface area contributed by atoms with Gasteiger partial charge in [0.15, 0.2) is 0 Å². The number of nitrogens with zero attached hydrogens (tertiary/aromatic N) is 1. The van der Waals surface area contributed by atoms with E-state index >= 15 is 0 Å². The zero-order valence-electron chi connectivity index (χ0n) is 10.8. The summed E-state index contributed by atoms with van der Waals surface area (Å²) in [4.78, 5) is 4.42. The molecule has 0 radical (unpaired) electrons. The molecule has 0 bridgehead atoms. The smallest absolute Gasteiger partial charge is 0.144 e. The second-order valence-electron chi connectivity index (χ2n) is 4.07. The van der Waals surface area contributed by atoms with Crippen molar-refractivity contribution in [1.29, 1.82) is 0 Å². The van der Waals surface area contributed by atoms with Crippen LogP contribution in [0.5, 0.6) is 17.2 Å². The third-order valence-electron chi connectivity index (χ3n) is 2.74. The third kappa shape index (κ3) is 2.85. The monoisotopic (exact) mass is 257 g/mol. The second-order valence-corrected chi connectivity index (χ2v) is 4.07. The van der Waals surface area contributed by atoms with Crippen molar-refractivity contribution in [3.63, 3.8) is 0 Å². The molecule has 0 atom stereocenters. The van der Waals surface area contributed by atoms with E-state index in [1.54, 1.807) is 14.0 Å². The summed E-state index contributed by atoms with van der Waals surface area (Å²) in [6.07, 6.45) is 0.